The molecule has 2 heterocycles. The maximum Gasteiger partial charge on any atom is 0.162 e. The summed E-state index contributed by atoms with van der Waals surface area (Å²) in [4.78, 5) is 12.8. The minimum atomic E-state index is 0.709. The van der Waals surface area contributed by atoms with E-state index in [1.807, 2.05) is 18.3 Å². The molecule has 2 rings (SSSR count). The van der Waals surface area contributed by atoms with Crippen molar-refractivity contribution in [3.05, 3.63) is 39.3 Å². The molecule has 0 aromatic carbocycles. The largest absolute Gasteiger partial charge is 0.264 e. The van der Waals surface area contributed by atoms with Crippen molar-refractivity contribution in [2.45, 2.75) is 13.3 Å². The first-order chi connectivity index (χ1) is 7.70. The maximum absolute atomic E-state index is 4.36. The summed E-state index contributed by atoms with van der Waals surface area (Å²) in [6.07, 6.45) is 4.52. The Morgan fingerprint density at radius 2 is 1.88 bits per heavy atom. The number of aryl methyl sites for hydroxylation is 1. The Bertz CT molecular complexity index is 494. The van der Waals surface area contributed by atoms with Gasteiger partial charge in [-0.2, -0.15) is 0 Å². The summed E-state index contributed by atoms with van der Waals surface area (Å²) in [7, 11) is 0. The lowest BCUT2D eigenvalue weighted by atomic mass is 10.1. The molecule has 3 nitrogen and oxygen atoms in total. The van der Waals surface area contributed by atoms with Crippen LogP contribution in [-0.4, -0.2) is 15.0 Å². The average Bonchev–Trinajstić information content (AvgIpc) is 2.27. The second-order valence-corrected chi connectivity index (χ2v) is 4.85. The first kappa shape index (κ1) is 11.7. The van der Waals surface area contributed by atoms with Crippen LogP contribution < -0.4 is 0 Å². The van der Waals surface area contributed by atoms with Gasteiger partial charge in [0, 0.05) is 24.0 Å². The molecule has 0 saturated carbocycles. The van der Waals surface area contributed by atoms with Crippen molar-refractivity contribution in [1.29, 1.82) is 0 Å². The van der Waals surface area contributed by atoms with Gasteiger partial charge in [-0.3, -0.25) is 4.98 Å². The molecule has 16 heavy (non-hydrogen) atoms. The van der Waals surface area contributed by atoms with Crippen LogP contribution in [0.25, 0.3) is 11.4 Å². The van der Waals surface area contributed by atoms with Gasteiger partial charge in [0.05, 0.1) is 0 Å². The SMILES string of the molecule is CCc1cnccc1-c1nc(Br)cc(Br)n1. The fourth-order valence-corrected chi connectivity index (χ4v) is 2.51. The predicted octanol–water partition coefficient (Wildman–Crippen LogP) is 3.63. The Morgan fingerprint density at radius 3 is 2.50 bits per heavy atom. The van der Waals surface area contributed by atoms with E-state index in [0.29, 0.717) is 5.82 Å². The van der Waals surface area contributed by atoms with Crippen molar-refractivity contribution in [2.24, 2.45) is 0 Å². The van der Waals surface area contributed by atoms with Gasteiger partial charge in [-0.1, -0.05) is 6.92 Å². The van der Waals surface area contributed by atoms with Crippen molar-refractivity contribution in [1.82, 2.24) is 15.0 Å². The summed E-state index contributed by atoms with van der Waals surface area (Å²) in [5.41, 5.74) is 2.17. The molecular formula is C11H9Br2N3. The quantitative estimate of drug-likeness (QED) is 0.782. The van der Waals surface area contributed by atoms with Gasteiger partial charge in [0.2, 0.25) is 0 Å². The summed E-state index contributed by atoms with van der Waals surface area (Å²) in [5, 5.41) is 0. The lowest BCUT2D eigenvalue weighted by Gasteiger charge is -2.06. The summed E-state index contributed by atoms with van der Waals surface area (Å²) in [6.45, 7) is 2.09. The van der Waals surface area contributed by atoms with Crippen LogP contribution in [0, 0.1) is 0 Å². The second kappa shape index (κ2) is 5.01. The van der Waals surface area contributed by atoms with E-state index in [9.17, 15) is 0 Å². The number of nitrogens with zero attached hydrogens (tertiary/aromatic N) is 3. The van der Waals surface area contributed by atoms with Crippen LogP contribution in [0.5, 0.6) is 0 Å². The smallest absolute Gasteiger partial charge is 0.162 e. The van der Waals surface area contributed by atoms with Crippen molar-refractivity contribution in [3.63, 3.8) is 0 Å². The molecular weight excluding hydrogens is 334 g/mol. The van der Waals surface area contributed by atoms with Gasteiger partial charge in [-0.25, -0.2) is 9.97 Å². The Labute approximate surface area is 111 Å². The maximum atomic E-state index is 4.36. The first-order valence-corrected chi connectivity index (χ1v) is 6.42. The number of rotatable bonds is 2. The van der Waals surface area contributed by atoms with Crippen LogP contribution in [0.2, 0.25) is 0 Å². The van der Waals surface area contributed by atoms with Crippen molar-refractivity contribution < 1.29 is 0 Å². The average molecular weight is 343 g/mol. The molecule has 0 atom stereocenters. The van der Waals surface area contributed by atoms with Gasteiger partial charge in [0.1, 0.15) is 9.21 Å². The lowest BCUT2D eigenvalue weighted by molar-refractivity contribution is 1.07. The summed E-state index contributed by atoms with van der Waals surface area (Å²) >= 11 is 6.72. The van der Waals surface area contributed by atoms with Crippen LogP contribution in [0.4, 0.5) is 0 Å². The van der Waals surface area contributed by atoms with Crippen molar-refractivity contribution in [2.75, 3.05) is 0 Å². The van der Waals surface area contributed by atoms with Crippen molar-refractivity contribution in [3.8, 4) is 11.4 Å². The van der Waals surface area contributed by atoms with E-state index in [-0.39, 0.29) is 0 Å². The highest BCUT2D eigenvalue weighted by molar-refractivity contribution is 9.11. The van der Waals surface area contributed by atoms with E-state index in [2.05, 4.69) is 53.7 Å². The summed E-state index contributed by atoms with van der Waals surface area (Å²) < 4.78 is 1.53. The molecule has 0 fully saturated rings. The van der Waals surface area contributed by atoms with E-state index in [1.165, 1.54) is 0 Å². The number of halogens is 2. The van der Waals surface area contributed by atoms with Gasteiger partial charge in [-0.15, -0.1) is 0 Å². The van der Waals surface area contributed by atoms with E-state index in [4.69, 9.17) is 0 Å². The summed E-state index contributed by atoms with van der Waals surface area (Å²) in [6, 6.07) is 3.75. The fourth-order valence-electron chi connectivity index (χ4n) is 1.44. The van der Waals surface area contributed by atoms with Crippen LogP contribution in [-0.2, 0) is 6.42 Å². The van der Waals surface area contributed by atoms with Gasteiger partial charge in [-0.05, 0) is 49.9 Å². The van der Waals surface area contributed by atoms with Crippen LogP contribution in [0.15, 0.2) is 33.7 Å². The molecule has 0 aliphatic rings. The highest BCUT2D eigenvalue weighted by Crippen LogP contribution is 2.23. The van der Waals surface area contributed by atoms with Gasteiger partial charge in [0.25, 0.3) is 0 Å². The standard InChI is InChI=1S/C11H9Br2N3/c1-2-7-6-14-4-3-8(7)11-15-9(12)5-10(13)16-11/h3-6H,2H2,1H3. The van der Waals surface area contributed by atoms with Gasteiger partial charge in [0.15, 0.2) is 5.82 Å². The zero-order chi connectivity index (χ0) is 11.5. The molecule has 0 aliphatic heterocycles. The lowest BCUT2D eigenvalue weighted by Crippen LogP contribution is -1.95. The van der Waals surface area contributed by atoms with Crippen LogP contribution in [0.1, 0.15) is 12.5 Å². The zero-order valence-electron chi connectivity index (χ0n) is 8.61. The zero-order valence-corrected chi connectivity index (χ0v) is 11.8. The molecule has 0 N–H and O–H groups in total. The number of hydrogen-bond donors (Lipinski definition) is 0. The summed E-state index contributed by atoms with van der Waals surface area (Å²) in [5.74, 6) is 0.709. The van der Waals surface area contributed by atoms with Crippen LogP contribution >= 0.6 is 31.9 Å². The van der Waals surface area contributed by atoms with E-state index < -0.39 is 0 Å². The topological polar surface area (TPSA) is 38.7 Å². The molecule has 0 amide bonds. The first-order valence-electron chi connectivity index (χ1n) is 4.84. The normalized spacial score (nSPS) is 10.4. The van der Waals surface area contributed by atoms with Gasteiger partial charge >= 0.3 is 0 Å². The molecule has 2 aromatic heterocycles. The van der Waals surface area contributed by atoms with Crippen LogP contribution in [0.3, 0.4) is 0 Å². The second-order valence-electron chi connectivity index (χ2n) is 3.22. The molecule has 0 saturated heterocycles. The number of hydrogen-bond acceptors (Lipinski definition) is 3. The highest BCUT2D eigenvalue weighted by Gasteiger charge is 2.08. The van der Waals surface area contributed by atoms with E-state index in [0.717, 1.165) is 26.8 Å². The predicted molar refractivity (Wildman–Crippen MR) is 70.0 cm³/mol. The molecule has 0 radical (unpaired) electrons. The highest BCUT2D eigenvalue weighted by atomic mass is 79.9. The minimum absolute atomic E-state index is 0.709. The Hall–Kier alpha value is -0.810. The minimum Gasteiger partial charge on any atom is -0.264 e. The van der Waals surface area contributed by atoms with E-state index >= 15 is 0 Å². The third-order valence-corrected chi connectivity index (χ3v) is 3.00. The van der Waals surface area contributed by atoms with Gasteiger partial charge < -0.3 is 0 Å². The Morgan fingerprint density at radius 1 is 1.19 bits per heavy atom. The Balaban J connectivity index is 2.58. The molecule has 2 aromatic rings. The molecule has 82 valence electrons. The third kappa shape index (κ3) is 2.47. The molecule has 0 bridgehead atoms. The Kier molecular flexibility index (Phi) is 3.66. The van der Waals surface area contributed by atoms with Crippen molar-refractivity contribution >= 4 is 31.9 Å². The number of aromatic nitrogens is 3. The molecule has 0 aliphatic carbocycles. The molecule has 0 unspecified atom stereocenters. The van der Waals surface area contributed by atoms with E-state index in [1.54, 1.807) is 6.20 Å². The molecule has 5 heteroatoms. The molecule has 0 spiro atoms. The number of pyridine rings is 1. The third-order valence-electron chi connectivity index (χ3n) is 2.19. The monoisotopic (exact) mass is 341 g/mol. The fraction of sp³-hybridized carbons (Fsp3) is 0.182.